The lowest BCUT2D eigenvalue weighted by Crippen LogP contribution is -2.70. The number of ketones is 1. The maximum absolute atomic E-state index is 15.2. The van der Waals surface area contributed by atoms with E-state index < -0.39 is 72.7 Å². The van der Waals surface area contributed by atoms with Crippen molar-refractivity contribution in [3.8, 4) is 0 Å². The minimum Gasteiger partial charge on any atom is -0.457 e. The highest BCUT2D eigenvalue weighted by molar-refractivity contribution is 6.26. The largest absolute Gasteiger partial charge is 0.457 e. The number of hydrogen-bond acceptors (Lipinski definition) is 11. The van der Waals surface area contributed by atoms with Crippen LogP contribution < -0.4 is 5.73 Å². The summed E-state index contributed by atoms with van der Waals surface area (Å²) in [5.41, 5.74) is 13.4. The van der Waals surface area contributed by atoms with Gasteiger partial charge in [-0.15, -0.1) is 0 Å². The molecule has 2 atom stereocenters. The Labute approximate surface area is 329 Å². The Hall–Kier alpha value is -6.96. The molecule has 0 aliphatic carbocycles. The topological polar surface area (TPSA) is 208 Å². The van der Waals surface area contributed by atoms with E-state index in [-0.39, 0.29) is 18.1 Å². The van der Waals surface area contributed by atoms with Gasteiger partial charge in [0.15, 0.2) is 0 Å². The van der Waals surface area contributed by atoms with Crippen molar-refractivity contribution in [2.45, 2.75) is 70.7 Å². The first-order valence-electron chi connectivity index (χ1n) is 17.7. The van der Waals surface area contributed by atoms with Crippen molar-refractivity contribution in [2.24, 2.45) is 5.73 Å². The normalized spacial score (nSPS) is 12.4. The van der Waals surface area contributed by atoms with E-state index in [1.54, 1.807) is 121 Å². The maximum atomic E-state index is 15.2. The Morgan fingerprint density at radius 2 is 1.04 bits per heavy atom. The number of imide groups is 2. The zero-order valence-corrected chi connectivity index (χ0v) is 31.7. The highest BCUT2D eigenvalue weighted by atomic mass is 16.6. The second kappa shape index (κ2) is 20.1. The van der Waals surface area contributed by atoms with Crippen molar-refractivity contribution in [3.05, 3.63) is 149 Å². The smallest absolute Gasteiger partial charge is 0.420 e. The van der Waals surface area contributed by atoms with E-state index >= 15 is 4.79 Å². The predicted octanol–water partition coefficient (Wildman–Crippen LogP) is 6.00. The molecule has 0 saturated heterocycles. The first-order valence-corrected chi connectivity index (χ1v) is 17.7. The number of nitrogens with zero attached hydrogens (tertiary/aromatic N) is 4. The Morgan fingerprint density at radius 1 is 0.649 bits per heavy atom. The Morgan fingerprint density at radius 3 is 1.42 bits per heavy atom. The number of amides is 4. The number of nitrogens with two attached hydrogens (primary N) is 1. The lowest BCUT2D eigenvalue weighted by atomic mass is 9.98. The second-order valence-corrected chi connectivity index (χ2v) is 13.7. The molecule has 2 N–H and O–H groups in total. The molecule has 0 bridgehead atoms. The third-order valence-corrected chi connectivity index (χ3v) is 8.08. The van der Waals surface area contributed by atoms with Gasteiger partial charge in [0, 0.05) is 6.42 Å². The summed E-state index contributed by atoms with van der Waals surface area (Å²) in [5, 5.41) is 0. The molecular weight excluding hydrogens is 734 g/mol. The number of carbonyl (C=O) groups excluding carboxylic acids is 6. The van der Waals surface area contributed by atoms with Crippen LogP contribution in [0.3, 0.4) is 0 Å². The van der Waals surface area contributed by atoms with Crippen molar-refractivity contribution in [1.82, 2.24) is 9.80 Å². The van der Waals surface area contributed by atoms with Gasteiger partial charge in [-0.25, -0.2) is 24.1 Å². The zero-order chi connectivity index (χ0) is 41.4. The van der Waals surface area contributed by atoms with Crippen molar-refractivity contribution in [3.63, 3.8) is 0 Å². The summed E-state index contributed by atoms with van der Waals surface area (Å²) >= 11 is 0. The van der Waals surface area contributed by atoms with Gasteiger partial charge < -0.3 is 24.5 Å². The van der Waals surface area contributed by atoms with Crippen LogP contribution in [-0.4, -0.2) is 74.0 Å². The number of benzene rings is 4. The Kier molecular flexibility index (Phi) is 15.1. The van der Waals surface area contributed by atoms with Crippen LogP contribution in [0, 0.1) is 0 Å². The summed E-state index contributed by atoms with van der Waals surface area (Å²) in [6.07, 6.45) is -5.48. The molecule has 0 heterocycles. The molecule has 0 spiro atoms. The molecule has 0 saturated carbocycles. The third-order valence-electron chi connectivity index (χ3n) is 8.08. The molecule has 0 radical (unpaired) electrons. The molecule has 15 nitrogen and oxygen atoms in total. The van der Waals surface area contributed by atoms with Crippen LogP contribution in [0.2, 0.25) is 0 Å². The molecule has 4 amide bonds. The molecule has 0 unspecified atom stereocenters. The van der Waals surface area contributed by atoms with Crippen LogP contribution in [0.1, 0.15) is 49.4 Å². The van der Waals surface area contributed by atoms with Crippen molar-refractivity contribution in [1.29, 1.82) is 0 Å². The number of carbonyl (C=O) groups is 6. The van der Waals surface area contributed by atoms with Gasteiger partial charge >= 0.3 is 30.5 Å². The fraction of sp³-hybridized carbons (Fsp3) is 0.262. The van der Waals surface area contributed by atoms with Gasteiger partial charge in [-0.3, -0.25) is 15.3 Å². The van der Waals surface area contributed by atoms with Crippen LogP contribution in [-0.2, 0) is 59.6 Å². The highest BCUT2D eigenvalue weighted by Crippen LogP contribution is 2.26. The van der Waals surface area contributed by atoms with Crippen LogP contribution in [0.5, 0.6) is 0 Å². The highest BCUT2D eigenvalue weighted by Gasteiger charge is 2.55. The fourth-order valence-electron chi connectivity index (χ4n) is 5.40. The first-order chi connectivity index (χ1) is 27.2. The molecule has 0 aromatic heterocycles. The van der Waals surface area contributed by atoms with Gasteiger partial charge in [0.1, 0.15) is 31.5 Å². The molecule has 57 heavy (non-hydrogen) atoms. The lowest BCUT2D eigenvalue weighted by Gasteiger charge is -2.40. The number of hydrogen-bond donors (Lipinski definition) is 1. The van der Waals surface area contributed by atoms with E-state index in [9.17, 15) is 24.0 Å². The monoisotopic (exact) mass is 777 g/mol. The van der Waals surface area contributed by atoms with Gasteiger partial charge in [-0.05, 0) is 43.0 Å². The Bertz CT molecular complexity index is 2000. The Balaban J connectivity index is 1.90. The molecule has 4 aromatic carbocycles. The molecule has 4 rings (SSSR count). The summed E-state index contributed by atoms with van der Waals surface area (Å²) in [6, 6.07) is 31.4. The number of esters is 1. The molecule has 0 fully saturated rings. The predicted molar refractivity (Wildman–Crippen MR) is 205 cm³/mol. The van der Waals surface area contributed by atoms with Crippen LogP contribution >= 0.6 is 0 Å². The van der Waals surface area contributed by atoms with Crippen molar-refractivity contribution in [2.75, 3.05) is 0 Å². The summed E-state index contributed by atoms with van der Waals surface area (Å²) in [7, 11) is 0. The number of rotatable bonds is 15. The van der Waals surface area contributed by atoms with Crippen LogP contribution in [0.4, 0.5) is 14.4 Å². The van der Waals surface area contributed by atoms with E-state index in [2.05, 4.69) is 4.79 Å². The van der Waals surface area contributed by atoms with Gasteiger partial charge in [-0.2, -0.15) is 9.69 Å². The summed E-state index contributed by atoms with van der Waals surface area (Å²) in [5.74, 6) is -4.00. The van der Waals surface area contributed by atoms with E-state index in [0.29, 0.717) is 33.4 Å². The summed E-state index contributed by atoms with van der Waals surface area (Å²) < 4.78 is 22.2. The minimum absolute atomic E-state index is 0.142. The van der Waals surface area contributed by atoms with Gasteiger partial charge in [0.25, 0.3) is 5.91 Å². The fourth-order valence-corrected chi connectivity index (χ4v) is 5.40. The summed E-state index contributed by atoms with van der Waals surface area (Å²) in [6.45, 7) is 3.32. The molecule has 0 aliphatic rings. The van der Waals surface area contributed by atoms with Gasteiger partial charge in [0.2, 0.25) is 11.4 Å². The third kappa shape index (κ3) is 12.5. The van der Waals surface area contributed by atoms with Gasteiger partial charge in [0.05, 0.1) is 6.42 Å². The van der Waals surface area contributed by atoms with E-state index in [1.165, 1.54) is 20.8 Å². The van der Waals surface area contributed by atoms with Crippen molar-refractivity contribution < 1.29 is 52.5 Å². The SMILES string of the molecule is CC(C)(C)OC(=O)[C@](N)(CC(=O)C=[N+]=[N-])N(C(=O)OCc1ccccc1)C(=O)[C@H](Cc1ccccc1)N(C(=O)OCc1ccccc1)C(=O)OCc1ccccc1. The van der Waals surface area contributed by atoms with Gasteiger partial charge in [-0.1, -0.05) is 121 Å². The minimum atomic E-state index is -3.01. The van der Waals surface area contributed by atoms with Crippen molar-refractivity contribution >= 4 is 42.2 Å². The van der Waals surface area contributed by atoms with E-state index in [0.717, 1.165) is 0 Å². The average Bonchev–Trinajstić information content (AvgIpc) is 3.19. The first kappa shape index (κ1) is 42.8. The number of ether oxygens (including phenoxy) is 4. The van der Waals surface area contributed by atoms with Crippen LogP contribution in [0.25, 0.3) is 5.53 Å². The average molecular weight is 778 g/mol. The molecule has 15 heteroatoms. The van der Waals surface area contributed by atoms with E-state index in [4.69, 9.17) is 30.2 Å². The zero-order valence-electron chi connectivity index (χ0n) is 31.7. The second-order valence-electron chi connectivity index (χ2n) is 13.7. The van der Waals surface area contributed by atoms with E-state index in [1.807, 2.05) is 0 Å². The number of Topliss-reactive ketones (excluding diaryl/α,β-unsaturated/α-hetero) is 1. The summed E-state index contributed by atoms with van der Waals surface area (Å²) in [4.78, 5) is 88.2. The quantitative estimate of drug-likeness (QED) is 0.0370. The van der Waals surface area contributed by atoms with Crippen LogP contribution in [0.15, 0.2) is 121 Å². The maximum Gasteiger partial charge on any atom is 0.420 e. The lowest BCUT2D eigenvalue weighted by molar-refractivity contribution is -0.174. The molecule has 296 valence electrons. The molecule has 0 aliphatic heterocycles. The molecular formula is C42H43N5O10. The standard InChI is InChI=1S/C42H43N5O10/c1-41(2,3)57-37(50)42(43,25-34(48)26-45-44)47(40(53)56-29-33-22-14-7-15-23-33)36(49)35(24-30-16-8-4-9-17-30)46(38(51)54-27-31-18-10-5-11-19-31)39(52)55-28-32-20-12-6-13-21-32/h4-23,26,35H,24-25,27-29,43H2,1-3H3/t35-,42-/m0/s1. The molecule has 4 aromatic rings.